The zero-order valence-corrected chi connectivity index (χ0v) is 14.2. The van der Waals surface area contributed by atoms with Crippen LogP contribution in [0, 0.1) is 20.8 Å². The van der Waals surface area contributed by atoms with E-state index in [-0.39, 0.29) is 0 Å². The third kappa shape index (κ3) is 5.21. The van der Waals surface area contributed by atoms with Crippen LogP contribution in [-0.4, -0.2) is 0 Å². The van der Waals surface area contributed by atoms with Gasteiger partial charge < -0.3 is 0 Å². The molecule has 0 amide bonds. The van der Waals surface area contributed by atoms with E-state index in [1.807, 2.05) is 27.7 Å². The van der Waals surface area contributed by atoms with E-state index >= 15 is 0 Å². The maximum Gasteiger partial charge on any atom is -0.00204 e. The van der Waals surface area contributed by atoms with Crippen molar-refractivity contribution in [1.82, 2.24) is 0 Å². The number of rotatable bonds is 2. The van der Waals surface area contributed by atoms with Crippen LogP contribution in [-0.2, 0) is 6.42 Å². The first kappa shape index (κ1) is 18.4. The molecule has 110 valence electrons. The van der Waals surface area contributed by atoms with E-state index in [1.165, 1.54) is 27.8 Å². The van der Waals surface area contributed by atoms with Gasteiger partial charge >= 0.3 is 0 Å². The van der Waals surface area contributed by atoms with E-state index in [0.717, 1.165) is 6.42 Å². The largest absolute Gasteiger partial charge is 0.0683 e. The number of aryl methyl sites for hydroxylation is 2. The Hall–Kier alpha value is -1.56. The van der Waals surface area contributed by atoms with Gasteiger partial charge in [-0.2, -0.15) is 0 Å². The standard InChI is InChI=1S/C16H18.2C2H6/c1-12-8-6-10-16(14(12)3)11-15-9-5-4-7-13(15)2;2*1-2/h4-10H,11H2,1-3H3;2*1-2H3. The van der Waals surface area contributed by atoms with Crippen LogP contribution in [0.4, 0.5) is 0 Å². The summed E-state index contributed by atoms with van der Waals surface area (Å²) >= 11 is 0. The molecule has 0 aromatic heterocycles. The Bertz CT molecular complexity index is 495. The van der Waals surface area contributed by atoms with Gasteiger partial charge in [0, 0.05) is 0 Å². The zero-order chi connectivity index (χ0) is 15.5. The first-order valence-corrected chi connectivity index (χ1v) is 7.78. The van der Waals surface area contributed by atoms with Gasteiger partial charge in [-0.25, -0.2) is 0 Å². The first-order chi connectivity index (χ1) is 9.68. The molecule has 0 unspecified atom stereocenters. The summed E-state index contributed by atoms with van der Waals surface area (Å²) in [6, 6.07) is 15.2. The van der Waals surface area contributed by atoms with Crippen LogP contribution < -0.4 is 0 Å². The Morgan fingerprint density at radius 1 is 0.600 bits per heavy atom. The quantitative estimate of drug-likeness (QED) is 0.604. The monoisotopic (exact) mass is 270 g/mol. The van der Waals surface area contributed by atoms with Crippen molar-refractivity contribution >= 4 is 0 Å². The lowest BCUT2D eigenvalue weighted by atomic mass is 9.95. The molecular formula is C20H30. The van der Waals surface area contributed by atoms with E-state index in [9.17, 15) is 0 Å². The summed E-state index contributed by atoms with van der Waals surface area (Å²) in [5.41, 5.74) is 7.05. The number of hydrogen-bond donors (Lipinski definition) is 0. The molecular weight excluding hydrogens is 240 g/mol. The molecule has 0 spiro atoms. The molecule has 20 heavy (non-hydrogen) atoms. The van der Waals surface area contributed by atoms with E-state index in [2.05, 4.69) is 63.2 Å². The molecule has 0 bridgehead atoms. The molecule has 0 saturated heterocycles. The first-order valence-electron chi connectivity index (χ1n) is 7.78. The van der Waals surface area contributed by atoms with Crippen molar-refractivity contribution in [3.05, 3.63) is 70.3 Å². The highest BCUT2D eigenvalue weighted by Gasteiger charge is 2.03. The van der Waals surface area contributed by atoms with Gasteiger partial charge in [0.05, 0.1) is 0 Å². The lowest BCUT2D eigenvalue weighted by Crippen LogP contribution is -1.95. The molecule has 0 nitrogen and oxygen atoms in total. The third-order valence-electron chi connectivity index (χ3n) is 3.36. The van der Waals surface area contributed by atoms with Crippen LogP contribution in [0.3, 0.4) is 0 Å². The summed E-state index contributed by atoms with van der Waals surface area (Å²) in [6.07, 6.45) is 1.04. The molecule has 2 aromatic carbocycles. The minimum atomic E-state index is 1.04. The Labute approximate surface area is 125 Å². The summed E-state index contributed by atoms with van der Waals surface area (Å²) in [5, 5.41) is 0. The average Bonchev–Trinajstić information content (AvgIpc) is 2.50. The minimum absolute atomic E-state index is 1.04. The van der Waals surface area contributed by atoms with Crippen LogP contribution >= 0.6 is 0 Å². The molecule has 2 rings (SSSR count). The molecule has 0 atom stereocenters. The highest BCUT2D eigenvalue weighted by atomic mass is 14.1. The second-order valence-electron chi connectivity index (χ2n) is 4.46. The van der Waals surface area contributed by atoms with Crippen molar-refractivity contribution in [2.75, 3.05) is 0 Å². The maximum absolute atomic E-state index is 2.23. The molecule has 0 heteroatoms. The van der Waals surface area contributed by atoms with Gasteiger partial charge in [0.2, 0.25) is 0 Å². The van der Waals surface area contributed by atoms with Gasteiger partial charge in [-0.05, 0) is 55.0 Å². The van der Waals surface area contributed by atoms with Gasteiger partial charge in [-0.1, -0.05) is 70.2 Å². The highest BCUT2D eigenvalue weighted by molar-refractivity contribution is 5.38. The molecule has 0 heterocycles. The number of hydrogen-bond acceptors (Lipinski definition) is 0. The predicted octanol–water partition coefficient (Wildman–Crippen LogP) is 6.26. The van der Waals surface area contributed by atoms with Crippen molar-refractivity contribution in [1.29, 1.82) is 0 Å². The second kappa shape index (κ2) is 10.3. The molecule has 0 saturated carbocycles. The predicted molar refractivity (Wildman–Crippen MR) is 92.6 cm³/mol. The van der Waals surface area contributed by atoms with Crippen LogP contribution in [0.15, 0.2) is 42.5 Å². The van der Waals surface area contributed by atoms with E-state index < -0.39 is 0 Å². The molecule has 0 aliphatic heterocycles. The Morgan fingerprint density at radius 2 is 1.10 bits per heavy atom. The zero-order valence-electron chi connectivity index (χ0n) is 14.2. The molecule has 2 aromatic rings. The summed E-state index contributed by atoms with van der Waals surface area (Å²) in [5.74, 6) is 0. The lowest BCUT2D eigenvalue weighted by Gasteiger charge is -2.10. The number of benzene rings is 2. The molecule has 0 aliphatic carbocycles. The molecule has 0 N–H and O–H groups in total. The summed E-state index contributed by atoms with van der Waals surface area (Å²) < 4.78 is 0. The van der Waals surface area contributed by atoms with Gasteiger partial charge in [0.15, 0.2) is 0 Å². The Balaban J connectivity index is 0.000000829. The van der Waals surface area contributed by atoms with Gasteiger partial charge in [0.1, 0.15) is 0 Å². The summed E-state index contributed by atoms with van der Waals surface area (Å²) in [6.45, 7) is 14.6. The maximum atomic E-state index is 2.23. The van der Waals surface area contributed by atoms with Crippen molar-refractivity contribution < 1.29 is 0 Å². The van der Waals surface area contributed by atoms with Crippen molar-refractivity contribution in [2.24, 2.45) is 0 Å². The van der Waals surface area contributed by atoms with E-state index in [0.29, 0.717) is 0 Å². The molecule has 0 radical (unpaired) electrons. The second-order valence-corrected chi connectivity index (χ2v) is 4.46. The summed E-state index contributed by atoms with van der Waals surface area (Å²) in [7, 11) is 0. The molecule has 0 aliphatic rings. The minimum Gasteiger partial charge on any atom is -0.0683 e. The Morgan fingerprint density at radius 3 is 1.70 bits per heavy atom. The van der Waals surface area contributed by atoms with Crippen molar-refractivity contribution in [3.8, 4) is 0 Å². The fourth-order valence-electron chi connectivity index (χ4n) is 2.02. The van der Waals surface area contributed by atoms with Crippen LogP contribution in [0.2, 0.25) is 0 Å². The third-order valence-corrected chi connectivity index (χ3v) is 3.36. The van der Waals surface area contributed by atoms with Crippen LogP contribution in [0.25, 0.3) is 0 Å². The van der Waals surface area contributed by atoms with Gasteiger partial charge in [-0.15, -0.1) is 0 Å². The normalized spacial score (nSPS) is 8.95. The fourth-order valence-corrected chi connectivity index (χ4v) is 2.02. The van der Waals surface area contributed by atoms with E-state index in [4.69, 9.17) is 0 Å². The topological polar surface area (TPSA) is 0 Å². The lowest BCUT2D eigenvalue weighted by molar-refractivity contribution is 1.11. The van der Waals surface area contributed by atoms with E-state index in [1.54, 1.807) is 0 Å². The summed E-state index contributed by atoms with van der Waals surface area (Å²) in [4.78, 5) is 0. The molecule has 0 fully saturated rings. The van der Waals surface area contributed by atoms with Crippen LogP contribution in [0.1, 0.15) is 55.5 Å². The van der Waals surface area contributed by atoms with Crippen molar-refractivity contribution in [2.45, 2.75) is 54.9 Å². The fraction of sp³-hybridized carbons (Fsp3) is 0.400. The van der Waals surface area contributed by atoms with Gasteiger partial charge in [-0.3, -0.25) is 0 Å². The SMILES string of the molecule is CC.CC.Cc1ccccc1Cc1cccc(C)c1C. The Kier molecular flexibility index (Phi) is 9.45. The van der Waals surface area contributed by atoms with Crippen molar-refractivity contribution in [3.63, 3.8) is 0 Å². The average molecular weight is 270 g/mol. The van der Waals surface area contributed by atoms with Crippen LogP contribution in [0.5, 0.6) is 0 Å². The van der Waals surface area contributed by atoms with Gasteiger partial charge in [0.25, 0.3) is 0 Å². The smallest absolute Gasteiger partial charge is 0.00204 e. The highest BCUT2D eigenvalue weighted by Crippen LogP contribution is 2.18.